The van der Waals surface area contributed by atoms with Gasteiger partial charge in [-0.05, 0) is 12.2 Å². The first-order valence-corrected chi connectivity index (χ1v) is 2.77. The van der Waals surface area contributed by atoms with Gasteiger partial charge in [-0.15, -0.1) is 11.6 Å². The average Bonchev–Trinajstić information content (AvgIpc) is 1.77. The van der Waals surface area contributed by atoms with Gasteiger partial charge in [0.2, 0.25) is 0 Å². The number of carbonyl (C=O) groups is 1. The minimum Gasteiger partial charge on any atom is -0.290 e. The Morgan fingerprint density at radius 1 is 1.38 bits per heavy atom. The van der Waals surface area contributed by atoms with E-state index >= 15 is 0 Å². The normalized spacial score (nSPS) is 19.9. The Kier molecular flexibility index (Phi) is 1.49. The lowest BCUT2D eigenvalue weighted by Crippen LogP contribution is -1.97. The van der Waals surface area contributed by atoms with Crippen LogP contribution in [0.4, 0.5) is 0 Å². The van der Waals surface area contributed by atoms with Gasteiger partial charge < -0.3 is 0 Å². The first kappa shape index (κ1) is 5.57. The van der Waals surface area contributed by atoms with Crippen LogP contribution in [0, 0.1) is 0 Å². The predicted molar refractivity (Wildman–Crippen MR) is 32.9 cm³/mol. The molecule has 0 radical (unpaired) electrons. The van der Waals surface area contributed by atoms with E-state index < -0.39 is 0 Å². The Balaban J connectivity index is 2.68. The average molecular weight is 129 g/mol. The number of ketones is 1. The fourth-order valence-electron chi connectivity index (χ4n) is 0.493. The van der Waals surface area contributed by atoms with Gasteiger partial charge in [-0.1, -0.05) is 12.2 Å². The van der Waals surface area contributed by atoms with Crippen LogP contribution in [-0.4, -0.2) is 11.2 Å². The van der Waals surface area contributed by atoms with Crippen molar-refractivity contribution in [1.29, 1.82) is 0 Å². The molecule has 0 fully saturated rings. The SMILES string of the molecule is O=C1C=CC(Cl)C=C1. The molecule has 2 heteroatoms. The molecule has 0 saturated heterocycles. The second kappa shape index (κ2) is 2.14. The Labute approximate surface area is 52.6 Å². The maximum absolute atomic E-state index is 10.4. The number of alkyl halides is 1. The molecule has 0 N–H and O–H groups in total. The Morgan fingerprint density at radius 2 is 1.88 bits per heavy atom. The lowest BCUT2D eigenvalue weighted by atomic mass is 10.2. The summed E-state index contributed by atoms with van der Waals surface area (Å²) < 4.78 is 0. The summed E-state index contributed by atoms with van der Waals surface area (Å²) in [5.74, 6) is 0.0156. The van der Waals surface area contributed by atoms with E-state index in [0.717, 1.165) is 0 Å². The summed E-state index contributed by atoms with van der Waals surface area (Å²) in [6, 6.07) is 0. The molecular formula is C6H5ClO. The summed E-state index contributed by atoms with van der Waals surface area (Å²) in [5, 5.41) is -0.0901. The highest BCUT2D eigenvalue weighted by Crippen LogP contribution is 2.04. The lowest BCUT2D eigenvalue weighted by Gasteiger charge is -1.97. The van der Waals surface area contributed by atoms with Crippen LogP contribution in [0.5, 0.6) is 0 Å². The van der Waals surface area contributed by atoms with E-state index in [2.05, 4.69) is 0 Å². The molecule has 8 heavy (non-hydrogen) atoms. The Bertz CT molecular complexity index is 142. The van der Waals surface area contributed by atoms with Gasteiger partial charge in [0.05, 0.1) is 5.38 Å². The van der Waals surface area contributed by atoms with Crippen LogP contribution in [0.25, 0.3) is 0 Å². The third kappa shape index (κ3) is 1.20. The number of hydrogen-bond acceptors (Lipinski definition) is 1. The smallest absolute Gasteiger partial charge is 0.178 e. The van der Waals surface area contributed by atoms with Gasteiger partial charge in [0, 0.05) is 0 Å². The molecule has 0 bridgehead atoms. The van der Waals surface area contributed by atoms with E-state index in [0.29, 0.717) is 0 Å². The summed E-state index contributed by atoms with van der Waals surface area (Å²) in [5.41, 5.74) is 0. The summed E-state index contributed by atoms with van der Waals surface area (Å²) in [6.45, 7) is 0. The molecule has 0 aromatic carbocycles. The Hall–Kier alpha value is -0.560. The van der Waals surface area contributed by atoms with E-state index in [1.54, 1.807) is 12.2 Å². The van der Waals surface area contributed by atoms with Crippen LogP contribution in [0.2, 0.25) is 0 Å². The third-order valence-corrected chi connectivity index (χ3v) is 1.18. The maximum atomic E-state index is 10.4. The van der Waals surface area contributed by atoms with E-state index in [1.807, 2.05) is 0 Å². The van der Waals surface area contributed by atoms with E-state index in [-0.39, 0.29) is 11.2 Å². The summed E-state index contributed by atoms with van der Waals surface area (Å²) in [6.07, 6.45) is 6.25. The fraction of sp³-hybridized carbons (Fsp3) is 0.167. The van der Waals surface area contributed by atoms with Gasteiger partial charge in [0.1, 0.15) is 0 Å². The van der Waals surface area contributed by atoms with Crippen LogP contribution in [0.1, 0.15) is 0 Å². The van der Waals surface area contributed by atoms with Crippen molar-refractivity contribution in [2.24, 2.45) is 0 Å². The highest BCUT2D eigenvalue weighted by Gasteiger charge is 1.99. The van der Waals surface area contributed by atoms with Crippen molar-refractivity contribution >= 4 is 17.4 Å². The van der Waals surface area contributed by atoms with Crippen molar-refractivity contribution in [3.05, 3.63) is 24.3 Å². The molecule has 42 valence electrons. The van der Waals surface area contributed by atoms with Crippen LogP contribution < -0.4 is 0 Å². The number of rotatable bonds is 0. The zero-order chi connectivity index (χ0) is 5.98. The number of carbonyl (C=O) groups excluding carboxylic acids is 1. The second-order valence-corrected chi connectivity index (χ2v) is 2.07. The van der Waals surface area contributed by atoms with Gasteiger partial charge in [-0.2, -0.15) is 0 Å². The largest absolute Gasteiger partial charge is 0.290 e. The predicted octanol–water partition coefficient (Wildman–Crippen LogP) is 1.29. The molecule has 1 nitrogen and oxygen atoms in total. The first-order valence-electron chi connectivity index (χ1n) is 2.33. The van der Waals surface area contributed by atoms with E-state index in [1.165, 1.54) is 12.2 Å². The summed E-state index contributed by atoms with van der Waals surface area (Å²) in [7, 11) is 0. The van der Waals surface area contributed by atoms with E-state index in [9.17, 15) is 4.79 Å². The second-order valence-electron chi connectivity index (χ2n) is 1.57. The molecule has 1 aliphatic carbocycles. The molecular weight excluding hydrogens is 124 g/mol. The summed E-state index contributed by atoms with van der Waals surface area (Å²) >= 11 is 5.56. The first-order chi connectivity index (χ1) is 3.79. The zero-order valence-electron chi connectivity index (χ0n) is 4.17. The highest BCUT2D eigenvalue weighted by molar-refractivity contribution is 6.24. The van der Waals surface area contributed by atoms with Gasteiger partial charge in [-0.25, -0.2) is 0 Å². The van der Waals surface area contributed by atoms with Crippen LogP contribution in [0.3, 0.4) is 0 Å². The lowest BCUT2D eigenvalue weighted by molar-refractivity contribution is -0.110. The maximum Gasteiger partial charge on any atom is 0.178 e. The monoisotopic (exact) mass is 128 g/mol. The number of hydrogen-bond donors (Lipinski definition) is 0. The molecule has 0 unspecified atom stereocenters. The minimum atomic E-state index is -0.0901. The molecule has 0 aromatic rings. The highest BCUT2D eigenvalue weighted by atomic mass is 35.5. The topological polar surface area (TPSA) is 17.1 Å². The molecule has 0 amide bonds. The molecule has 0 aliphatic heterocycles. The van der Waals surface area contributed by atoms with Crippen molar-refractivity contribution < 1.29 is 4.79 Å². The van der Waals surface area contributed by atoms with E-state index in [4.69, 9.17) is 11.6 Å². The van der Waals surface area contributed by atoms with Crippen molar-refractivity contribution in [1.82, 2.24) is 0 Å². The molecule has 0 heterocycles. The molecule has 0 saturated carbocycles. The third-order valence-electron chi connectivity index (χ3n) is 0.889. The van der Waals surface area contributed by atoms with Crippen LogP contribution in [-0.2, 0) is 4.79 Å². The van der Waals surface area contributed by atoms with Crippen molar-refractivity contribution in [2.75, 3.05) is 0 Å². The van der Waals surface area contributed by atoms with Gasteiger partial charge in [-0.3, -0.25) is 4.79 Å². The van der Waals surface area contributed by atoms with Crippen molar-refractivity contribution in [3.63, 3.8) is 0 Å². The number of allylic oxidation sites excluding steroid dienone is 4. The zero-order valence-corrected chi connectivity index (χ0v) is 4.93. The van der Waals surface area contributed by atoms with Crippen molar-refractivity contribution in [3.8, 4) is 0 Å². The Morgan fingerprint density at radius 3 is 2.25 bits per heavy atom. The van der Waals surface area contributed by atoms with Crippen LogP contribution >= 0.6 is 11.6 Å². The molecule has 0 atom stereocenters. The quantitative estimate of drug-likeness (QED) is 0.450. The molecule has 0 aromatic heterocycles. The van der Waals surface area contributed by atoms with Gasteiger partial charge in [0.25, 0.3) is 0 Å². The molecule has 1 rings (SSSR count). The van der Waals surface area contributed by atoms with Crippen LogP contribution in [0.15, 0.2) is 24.3 Å². The standard InChI is InChI=1S/C6H5ClO/c7-5-1-3-6(8)4-2-5/h1-5H. The minimum absolute atomic E-state index is 0.0156. The summed E-state index contributed by atoms with van der Waals surface area (Å²) in [4.78, 5) is 10.4. The van der Waals surface area contributed by atoms with Gasteiger partial charge >= 0.3 is 0 Å². The fourth-order valence-corrected chi connectivity index (χ4v) is 0.639. The number of halogens is 1. The van der Waals surface area contributed by atoms with Gasteiger partial charge in [0.15, 0.2) is 5.78 Å². The molecule has 0 spiro atoms. The van der Waals surface area contributed by atoms with Crippen molar-refractivity contribution in [2.45, 2.75) is 5.38 Å². The molecule has 1 aliphatic rings.